The van der Waals surface area contributed by atoms with Crippen molar-refractivity contribution in [2.24, 2.45) is 5.41 Å². The van der Waals surface area contributed by atoms with Crippen molar-refractivity contribution in [3.63, 3.8) is 0 Å². The summed E-state index contributed by atoms with van der Waals surface area (Å²) in [7, 11) is 0. The highest BCUT2D eigenvalue weighted by atomic mass is 32.1. The third-order valence-electron chi connectivity index (χ3n) is 5.01. The smallest absolute Gasteiger partial charge is 0.481 e. The molecule has 3 heterocycles. The predicted octanol–water partition coefficient (Wildman–Crippen LogP) is 4.70. The average molecular weight is 539 g/mol. The minimum Gasteiger partial charge on any atom is -0.481 e. The number of aromatic nitrogens is 5. The van der Waals surface area contributed by atoms with Crippen LogP contribution in [0.25, 0.3) is 22.1 Å². The number of aliphatic carboxylic acids is 1. The van der Waals surface area contributed by atoms with Crippen molar-refractivity contribution in [1.82, 2.24) is 25.0 Å². The molecule has 37 heavy (non-hydrogen) atoms. The standard InChI is InChI=1S/C22H21F3N6O5S/c1-5-15-17(28-18(37-15)13-7-6-12(9-27-13)22(23,24)25)16-14(8-26)29-31(30-16)11(2)36-20(34)35-10-21(3,4)19(32)33/h6-7,9,11H,5,10H2,1-4H3,(H,32,33). The third-order valence-corrected chi connectivity index (χ3v) is 6.23. The number of carboxylic acids is 1. The normalized spacial score (nSPS) is 12.6. The van der Waals surface area contributed by atoms with Gasteiger partial charge in [0, 0.05) is 11.1 Å². The zero-order valence-corrected chi connectivity index (χ0v) is 20.8. The van der Waals surface area contributed by atoms with E-state index in [0.717, 1.165) is 10.9 Å². The summed E-state index contributed by atoms with van der Waals surface area (Å²) in [5, 5.41) is 27.3. The van der Waals surface area contributed by atoms with Crippen LogP contribution in [0.4, 0.5) is 18.0 Å². The van der Waals surface area contributed by atoms with Crippen molar-refractivity contribution in [3.05, 3.63) is 34.5 Å². The Morgan fingerprint density at radius 3 is 2.49 bits per heavy atom. The summed E-state index contributed by atoms with van der Waals surface area (Å²) in [6.07, 6.45) is -5.61. The molecule has 0 spiro atoms. The van der Waals surface area contributed by atoms with Crippen LogP contribution >= 0.6 is 11.3 Å². The molecule has 0 saturated heterocycles. The van der Waals surface area contributed by atoms with E-state index in [4.69, 9.17) is 14.6 Å². The highest BCUT2D eigenvalue weighted by Crippen LogP contribution is 2.35. The fraction of sp³-hybridized carbons (Fsp3) is 0.409. The number of carboxylic acid groups (broad SMARTS) is 1. The number of pyridine rings is 1. The number of alkyl halides is 3. The van der Waals surface area contributed by atoms with Gasteiger partial charge in [0.15, 0.2) is 11.4 Å². The number of ether oxygens (including phenoxy) is 2. The van der Waals surface area contributed by atoms with Crippen LogP contribution in [0.1, 0.15) is 50.1 Å². The van der Waals surface area contributed by atoms with Crippen LogP contribution in [-0.4, -0.2) is 48.8 Å². The van der Waals surface area contributed by atoms with Crippen LogP contribution in [0, 0.1) is 16.7 Å². The zero-order valence-electron chi connectivity index (χ0n) is 20.0. The number of carbonyl (C=O) groups is 2. The number of hydrogen-bond acceptors (Lipinski definition) is 10. The quantitative estimate of drug-likeness (QED) is 0.399. The Bertz CT molecular complexity index is 1340. The number of thiazole rings is 1. The second kappa shape index (κ2) is 10.5. The molecule has 0 fully saturated rings. The maximum Gasteiger partial charge on any atom is 0.510 e. The molecule has 1 N–H and O–H groups in total. The third kappa shape index (κ3) is 6.20. The van der Waals surface area contributed by atoms with E-state index in [2.05, 4.69) is 20.2 Å². The first-order valence-corrected chi connectivity index (χ1v) is 11.6. The summed E-state index contributed by atoms with van der Waals surface area (Å²) in [5.74, 6) is -1.16. The van der Waals surface area contributed by atoms with Crippen molar-refractivity contribution in [1.29, 1.82) is 5.26 Å². The molecule has 0 bridgehead atoms. The Morgan fingerprint density at radius 2 is 1.95 bits per heavy atom. The minimum atomic E-state index is -4.52. The molecule has 3 rings (SSSR count). The molecule has 0 aliphatic heterocycles. The van der Waals surface area contributed by atoms with E-state index in [9.17, 15) is 28.0 Å². The Kier molecular flexibility index (Phi) is 7.82. The molecule has 1 atom stereocenters. The first-order chi connectivity index (χ1) is 17.3. The molecule has 0 aromatic carbocycles. The topological polar surface area (TPSA) is 153 Å². The lowest BCUT2D eigenvalue weighted by atomic mass is 9.95. The van der Waals surface area contributed by atoms with Gasteiger partial charge < -0.3 is 14.6 Å². The van der Waals surface area contributed by atoms with Gasteiger partial charge in [-0.25, -0.2) is 9.78 Å². The van der Waals surface area contributed by atoms with Crippen LogP contribution in [0.2, 0.25) is 0 Å². The average Bonchev–Trinajstić information content (AvgIpc) is 3.46. The lowest BCUT2D eigenvalue weighted by Crippen LogP contribution is -2.31. The lowest BCUT2D eigenvalue weighted by Gasteiger charge is -2.19. The van der Waals surface area contributed by atoms with Gasteiger partial charge in [-0.05, 0) is 39.3 Å². The number of rotatable bonds is 8. The summed E-state index contributed by atoms with van der Waals surface area (Å²) in [5.41, 5.74) is -1.74. The molecule has 15 heteroatoms. The Hall–Kier alpha value is -4.06. The van der Waals surface area contributed by atoms with Gasteiger partial charge in [0.25, 0.3) is 0 Å². The second-order valence-electron chi connectivity index (χ2n) is 8.35. The summed E-state index contributed by atoms with van der Waals surface area (Å²) >= 11 is 1.18. The van der Waals surface area contributed by atoms with E-state index in [1.54, 1.807) is 0 Å². The summed E-state index contributed by atoms with van der Waals surface area (Å²) in [6.45, 7) is 5.56. The van der Waals surface area contributed by atoms with Crippen LogP contribution < -0.4 is 0 Å². The monoisotopic (exact) mass is 538 g/mol. The molecule has 0 amide bonds. The largest absolute Gasteiger partial charge is 0.510 e. The van der Waals surface area contributed by atoms with E-state index in [1.807, 2.05) is 13.0 Å². The van der Waals surface area contributed by atoms with Crippen molar-refractivity contribution in [3.8, 4) is 28.2 Å². The summed E-state index contributed by atoms with van der Waals surface area (Å²) < 4.78 is 48.5. The van der Waals surface area contributed by atoms with Gasteiger partial charge in [-0.2, -0.15) is 18.4 Å². The number of nitriles is 1. The first kappa shape index (κ1) is 27.5. The Balaban J connectivity index is 1.84. The SMILES string of the molecule is CCc1sc(-c2ccc(C(F)(F)F)cn2)nc1-c1nn(C(C)OC(=O)OCC(C)(C)C(=O)O)nc1C#N. The maximum atomic E-state index is 12.9. The molecule has 0 aliphatic rings. The van der Waals surface area contributed by atoms with Gasteiger partial charge >= 0.3 is 18.3 Å². The van der Waals surface area contributed by atoms with Gasteiger partial charge in [-0.15, -0.1) is 26.3 Å². The molecule has 11 nitrogen and oxygen atoms in total. The van der Waals surface area contributed by atoms with E-state index >= 15 is 0 Å². The molecule has 0 aliphatic carbocycles. The number of hydrogen-bond donors (Lipinski definition) is 1. The van der Waals surface area contributed by atoms with Gasteiger partial charge in [-0.1, -0.05) is 6.92 Å². The Morgan fingerprint density at radius 1 is 1.24 bits per heavy atom. The van der Waals surface area contributed by atoms with Gasteiger partial charge in [-0.3, -0.25) is 9.78 Å². The predicted molar refractivity (Wildman–Crippen MR) is 122 cm³/mol. The first-order valence-electron chi connectivity index (χ1n) is 10.7. The minimum absolute atomic E-state index is 0.0876. The van der Waals surface area contributed by atoms with Crippen LogP contribution in [0.3, 0.4) is 0 Å². The molecule has 196 valence electrons. The van der Waals surface area contributed by atoms with E-state index in [-0.39, 0.29) is 17.1 Å². The van der Waals surface area contributed by atoms with Crippen molar-refractivity contribution in [2.45, 2.75) is 46.5 Å². The highest BCUT2D eigenvalue weighted by Gasteiger charge is 2.32. The molecule has 0 saturated carbocycles. The molecule has 3 aromatic heterocycles. The fourth-order valence-corrected chi connectivity index (χ4v) is 3.79. The van der Waals surface area contributed by atoms with Crippen molar-refractivity contribution < 1.29 is 37.3 Å². The highest BCUT2D eigenvalue weighted by molar-refractivity contribution is 7.15. The number of carbonyl (C=O) groups excluding carboxylic acids is 1. The molecular weight excluding hydrogens is 517 g/mol. The molecule has 3 aromatic rings. The van der Waals surface area contributed by atoms with E-state index < -0.39 is 42.1 Å². The maximum absolute atomic E-state index is 12.9. The van der Waals surface area contributed by atoms with Gasteiger partial charge in [0.1, 0.15) is 23.4 Å². The van der Waals surface area contributed by atoms with Gasteiger partial charge in [0.05, 0.1) is 16.7 Å². The molecule has 1 unspecified atom stereocenters. The summed E-state index contributed by atoms with van der Waals surface area (Å²) in [4.78, 5) is 33.1. The van der Waals surface area contributed by atoms with Crippen molar-refractivity contribution in [2.75, 3.05) is 6.61 Å². The fourth-order valence-electron chi connectivity index (χ4n) is 2.81. The lowest BCUT2D eigenvalue weighted by molar-refractivity contribution is -0.149. The van der Waals surface area contributed by atoms with Crippen LogP contribution in [-0.2, 0) is 26.9 Å². The van der Waals surface area contributed by atoms with Crippen LogP contribution in [0.15, 0.2) is 18.3 Å². The Labute approximate surface area is 212 Å². The van der Waals surface area contributed by atoms with E-state index in [0.29, 0.717) is 28.2 Å². The molecular formula is C22H21F3N6O5S. The zero-order chi connectivity index (χ0) is 27.5. The molecule has 0 radical (unpaired) electrons. The second-order valence-corrected chi connectivity index (χ2v) is 9.43. The van der Waals surface area contributed by atoms with Crippen molar-refractivity contribution >= 4 is 23.5 Å². The number of nitrogens with zero attached hydrogens (tertiary/aromatic N) is 6. The van der Waals surface area contributed by atoms with Gasteiger partial charge in [0.2, 0.25) is 6.23 Å². The number of halogens is 3. The summed E-state index contributed by atoms with van der Waals surface area (Å²) in [6, 6.07) is 4.01. The number of aryl methyl sites for hydroxylation is 1. The van der Waals surface area contributed by atoms with E-state index in [1.165, 1.54) is 38.2 Å². The van der Waals surface area contributed by atoms with Crippen LogP contribution in [0.5, 0.6) is 0 Å².